The summed E-state index contributed by atoms with van der Waals surface area (Å²) < 4.78 is 4.94. The minimum atomic E-state index is -0.227. The molecule has 0 bridgehead atoms. The fourth-order valence-electron chi connectivity index (χ4n) is 1.04. The first-order valence-corrected chi connectivity index (χ1v) is 3.94. The van der Waals surface area contributed by atoms with Gasteiger partial charge in [-0.2, -0.15) is 0 Å². The Balaban J connectivity index is 0.00000169. The lowest BCUT2D eigenvalue weighted by atomic mass is 10.1. The van der Waals surface area contributed by atoms with Crippen molar-refractivity contribution in [1.82, 2.24) is 0 Å². The summed E-state index contributed by atoms with van der Waals surface area (Å²) in [6, 6.07) is 4.76. The Bertz CT molecular complexity index is 315. The number of halogens is 1. The molecule has 0 radical (unpaired) electrons. The molecule has 0 heterocycles. The number of nitrogens with two attached hydrogens (primary N) is 1. The SMILES string of the molecule is C=C[C@@H](N)c1ccc(O)c(OC)c1.Cl. The van der Waals surface area contributed by atoms with Crippen LogP contribution in [0.4, 0.5) is 0 Å². The quantitative estimate of drug-likeness (QED) is 0.759. The molecule has 78 valence electrons. The van der Waals surface area contributed by atoms with E-state index in [1.165, 1.54) is 7.11 Å². The van der Waals surface area contributed by atoms with Crippen LogP contribution in [0.1, 0.15) is 11.6 Å². The highest BCUT2D eigenvalue weighted by atomic mass is 35.5. The van der Waals surface area contributed by atoms with Gasteiger partial charge in [-0.1, -0.05) is 12.1 Å². The molecule has 0 saturated carbocycles. The second-order valence-corrected chi connectivity index (χ2v) is 2.69. The molecule has 3 nitrogen and oxygen atoms in total. The van der Waals surface area contributed by atoms with Crippen LogP contribution in [0.25, 0.3) is 0 Å². The average molecular weight is 216 g/mol. The number of benzene rings is 1. The van der Waals surface area contributed by atoms with E-state index in [0.717, 1.165) is 5.56 Å². The zero-order chi connectivity index (χ0) is 9.84. The van der Waals surface area contributed by atoms with Gasteiger partial charge in [0.1, 0.15) is 0 Å². The zero-order valence-electron chi connectivity index (χ0n) is 7.93. The van der Waals surface area contributed by atoms with E-state index in [-0.39, 0.29) is 24.2 Å². The highest BCUT2D eigenvalue weighted by Crippen LogP contribution is 2.28. The molecule has 3 N–H and O–H groups in total. The lowest BCUT2D eigenvalue weighted by Gasteiger charge is -2.09. The third-order valence-corrected chi connectivity index (χ3v) is 1.84. The molecule has 0 spiro atoms. The second-order valence-electron chi connectivity index (χ2n) is 2.69. The number of hydrogen-bond acceptors (Lipinski definition) is 3. The zero-order valence-corrected chi connectivity index (χ0v) is 8.75. The number of phenolic OH excluding ortho intramolecular Hbond substituents is 1. The summed E-state index contributed by atoms with van der Waals surface area (Å²) in [5.41, 5.74) is 6.58. The van der Waals surface area contributed by atoms with Crippen molar-refractivity contribution in [3.05, 3.63) is 36.4 Å². The first-order valence-electron chi connectivity index (χ1n) is 3.94. The van der Waals surface area contributed by atoms with E-state index in [0.29, 0.717) is 5.75 Å². The Morgan fingerprint density at radius 2 is 2.21 bits per heavy atom. The molecule has 1 aromatic rings. The summed E-state index contributed by atoms with van der Waals surface area (Å²) in [4.78, 5) is 0. The number of aromatic hydroxyl groups is 1. The third-order valence-electron chi connectivity index (χ3n) is 1.84. The molecule has 0 saturated heterocycles. The van der Waals surface area contributed by atoms with Crippen LogP contribution in [-0.2, 0) is 0 Å². The van der Waals surface area contributed by atoms with Crippen molar-refractivity contribution in [2.75, 3.05) is 7.11 Å². The molecule has 4 heteroatoms. The minimum absolute atomic E-state index is 0. The van der Waals surface area contributed by atoms with Gasteiger partial charge < -0.3 is 15.6 Å². The summed E-state index contributed by atoms with van der Waals surface area (Å²) in [5.74, 6) is 0.539. The van der Waals surface area contributed by atoms with E-state index in [9.17, 15) is 5.11 Å². The van der Waals surface area contributed by atoms with Gasteiger partial charge in [-0.15, -0.1) is 19.0 Å². The van der Waals surface area contributed by atoms with Gasteiger partial charge in [0.25, 0.3) is 0 Å². The molecule has 0 amide bonds. The van der Waals surface area contributed by atoms with Crippen LogP contribution in [0.3, 0.4) is 0 Å². The highest BCUT2D eigenvalue weighted by Gasteiger charge is 2.05. The Hall–Kier alpha value is -1.19. The topological polar surface area (TPSA) is 55.5 Å². The number of phenols is 1. The standard InChI is InChI=1S/C10H13NO2.ClH/c1-3-8(11)7-4-5-9(12)10(6-7)13-2;/h3-6,8,12H,1,11H2,2H3;1H/t8-;/m1./s1. The average Bonchev–Trinajstić information content (AvgIpc) is 2.17. The van der Waals surface area contributed by atoms with E-state index in [1.54, 1.807) is 24.3 Å². The van der Waals surface area contributed by atoms with Gasteiger partial charge in [-0.3, -0.25) is 0 Å². The minimum Gasteiger partial charge on any atom is -0.504 e. The lowest BCUT2D eigenvalue weighted by molar-refractivity contribution is 0.373. The summed E-state index contributed by atoms with van der Waals surface area (Å²) in [6.07, 6.45) is 1.63. The Morgan fingerprint density at radius 3 is 2.71 bits per heavy atom. The fraction of sp³-hybridized carbons (Fsp3) is 0.200. The van der Waals surface area contributed by atoms with Crippen molar-refractivity contribution in [2.24, 2.45) is 5.73 Å². The number of rotatable bonds is 3. The number of ether oxygens (including phenoxy) is 1. The first kappa shape index (κ1) is 12.8. The van der Waals surface area contributed by atoms with Crippen LogP contribution in [-0.4, -0.2) is 12.2 Å². The monoisotopic (exact) mass is 215 g/mol. The maximum absolute atomic E-state index is 9.30. The fourth-order valence-corrected chi connectivity index (χ4v) is 1.04. The van der Waals surface area contributed by atoms with Gasteiger partial charge in [0, 0.05) is 6.04 Å². The van der Waals surface area contributed by atoms with Crippen molar-refractivity contribution in [3.63, 3.8) is 0 Å². The van der Waals surface area contributed by atoms with Crippen LogP contribution in [0, 0.1) is 0 Å². The van der Waals surface area contributed by atoms with Crippen molar-refractivity contribution in [1.29, 1.82) is 0 Å². The van der Waals surface area contributed by atoms with Crippen LogP contribution in [0.5, 0.6) is 11.5 Å². The van der Waals surface area contributed by atoms with Gasteiger partial charge >= 0.3 is 0 Å². The van der Waals surface area contributed by atoms with Crippen LogP contribution < -0.4 is 10.5 Å². The van der Waals surface area contributed by atoms with Crippen LogP contribution in [0.15, 0.2) is 30.9 Å². The predicted octanol–water partition coefficient (Wildman–Crippen LogP) is 2.01. The van der Waals surface area contributed by atoms with Gasteiger partial charge in [-0.25, -0.2) is 0 Å². The van der Waals surface area contributed by atoms with Gasteiger partial charge in [0.05, 0.1) is 7.11 Å². The summed E-state index contributed by atoms with van der Waals surface area (Å²) in [6.45, 7) is 3.59. The Labute approximate surface area is 89.6 Å². The largest absolute Gasteiger partial charge is 0.504 e. The molecule has 0 aliphatic carbocycles. The smallest absolute Gasteiger partial charge is 0.160 e. The third kappa shape index (κ3) is 2.65. The maximum Gasteiger partial charge on any atom is 0.160 e. The van der Waals surface area contributed by atoms with Crippen molar-refractivity contribution >= 4 is 12.4 Å². The van der Waals surface area contributed by atoms with Crippen molar-refractivity contribution < 1.29 is 9.84 Å². The molecule has 0 aliphatic heterocycles. The highest BCUT2D eigenvalue weighted by molar-refractivity contribution is 5.85. The van der Waals surface area contributed by atoms with Crippen LogP contribution >= 0.6 is 12.4 Å². The first-order chi connectivity index (χ1) is 6.19. The normalized spacial score (nSPS) is 11.3. The molecular formula is C10H14ClNO2. The Morgan fingerprint density at radius 1 is 1.57 bits per heavy atom. The lowest BCUT2D eigenvalue weighted by Crippen LogP contribution is -2.06. The van der Waals surface area contributed by atoms with Crippen molar-refractivity contribution in [3.8, 4) is 11.5 Å². The number of methoxy groups -OCH3 is 1. The van der Waals surface area contributed by atoms with Gasteiger partial charge in [0.2, 0.25) is 0 Å². The second kappa shape index (κ2) is 5.52. The molecule has 0 unspecified atom stereocenters. The van der Waals surface area contributed by atoms with Crippen molar-refractivity contribution in [2.45, 2.75) is 6.04 Å². The van der Waals surface area contributed by atoms with E-state index < -0.39 is 0 Å². The van der Waals surface area contributed by atoms with Crippen LogP contribution in [0.2, 0.25) is 0 Å². The molecule has 1 aromatic carbocycles. The van der Waals surface area contributed by atoms with E-state index >= 15 is 0 Å². The molecular weight excluding hydrogens is 202 g/mol. The maximum atomic E-state index is 9.30. The molecule has 14 heavy (non-hydrogen) atoms. The molecule has 1 rings (SSSR count). The van der Waals surface area contributed by atoms with E-state index in [4.69, 9.17) is 10.5 Å². The molecule has 0 aromatic heterocycles. The summed E-state index contributed by atoms with van der Waals surface area (Å²) >= 11 is 0. The van der Waals surface area contributed by atoms with Gasteiger partial charge in [0.15, 0.2) is 11.5 Å². The molecule has 0 fully saturated rings. The number of hydrogen-bond donors (Lipinski definition) is 2. The Kier molecular flexibility index (Phi) is 5.05. The van der Waals surface area contributed by atoms with E-state index in [1.807, 2.05) is 0 Å². The predicted molar refractivity (Wildman–Crippen MR) is 59.0 cm³/mol. The van der Waals surface area contributed by atoms with E-state index in [2.05, 4.69) is 6.58 Å². The summed E-state index contributed by atoms with van der Waals surface area (Å²) in [7, 11) is 1.50. The summed E-state index contributed by atoms with van der Waals surface area (Å²) in [5, 5.41) is 9.30. The molecule has 0 aliphatic rings. The molecule has 1 atom stereocenters. The van der Waals surface area contributed by atoms with Gasteiger partial charge in [-0.05, 0) is 17.7 Å².